The number of halogens is 1. The van der Waals surface area contributed by atoms with Crippen LogP contribution in [0.1, 0.15) is 24.5 Å². The Morgan fingerprint density at radius 3 is 2.76 bits per heavy atom. The molecule has 5 rings (SSSR count). The lowest BCUT2D eigenvalue weighted by Crippen LogP contribution is -2.15. The quantitative estimate of drug-likeness (QED) is 0.390. The zero-order valence-electron chi connectivity index (χ0n) is 18.5. The molecule has 0 atom stereocenters. The minimum atomic E-state index is -0.486. The fourth-order valence-electron chi connectivity index (χ4n) is 3.96. The summed E-state index contributed by atoms with van der Waals surface area (Å²) in [6.45, 7) is 1.47. The topological polar surface area (TPSA) is 114 Å². The lowest BCUT2D eigenvalue weighted by molar-refractivity contribution is 0.0844. The van der Waals surface area contributed by atoms with Crippen molar-refractivity contribution in [1.82, 2.24) is 19.9 Å². The summed E-state index contributed by atoms with van der Waals surface area (Å²) >= 11 is 0. The number of para-hydroxylation sites is 1. The molecule has 0 bridgehead atoms. The van der Waals surface area contributed by atoms with Crippen molar-refractivity contribution in [3.63, 3.8) is 0 Å². The Hall–Kier alpha value is -4.05. The number of fused-ring (bicyclic) bond motifs is 1. The second-order valence-electron chi connectivity index (χ2n) is 7.91. The van der Waals surface area contributed by atoms with E-state index in [0.29, 0.717) is 34.6 Å². The van der Waals surface area contributed by atoms with Crippen molar-refractivity contribution in [3.05, 3.63) is 70.5 Å². The molecule has 174 valence electrons. The minimum Gasteiger partial charge on any atom is -0.480 e. The van der Waals surface area contributed by atoms with Crippen LogP contribution in [0, 0.1) is 5.82 Å². The summed E-state index contributed by atoms with van der Waals surface area (Å²) in [5, 5.41) is 6.66. The van der Waals surface area contributed by atoms with Crippen molar-refractivity contribution in [2.45, 2.75) is 18.8 Å². The van der Waals surface area contributed by atoms with Gasteiger partial charge in [-0.05, 0) is 43.2 Å². The summed E-state index contributed by atoms with van der Waals surface area (Å²) < 4.78 is 24.9. The molecule has 0 amide bonds. The number of aromatic nitrogens is 4. The molecule has 1 fully saturated rings. The molecule has 3 aromatic heterocycles. The fraction of sp³-hybridized carbons (Fsp3) is 0.250. The van der Waals surface area contributed by atoms with Gasteiger partial charge in [0.15, 0.2) is 0 Å². The number of nitrogens with zero attached hydrogens (tertiary/aromatic N) is 3. The Morgan fingerprint density at radius 1 is 1.09 bits per heavy atom. The van der Waals surface area contributed by atoms with E-state index < -0.39 is 11.4 Å². The van der Waals surface area contributed by atoms with Gasteiger partial charge in [0.25, 0.3) is 5.56 Å². The number of rotatable bonds is 6. The molecule has 0 radical (unpaired) electrons. The smallest absolute Gasteiger partial charge is 0.272 e. The van der Waals surface area contributed by atoms with E-state index in [1.54, 1.807) is 37.6 Å². The number of hydrogen-bond donors (Lipinski definition) is 3. The average Bonchev–Trinajstić information content (AvgIpc) is 2.86. The van der Waals surface area contributed by atoms with Gasteiger partial charge in [0.2, 0.25) is 11.8 Å². The molecule has 0 aliphatic carbocycles. The van der Waals surface area contributed by atoms with Crippen molar-refractivity contribution >= 4 is 34.0 Å². The monoisotopic (exact) mass is 462 g/mol. The maximum Gasteiger partial charge on any atom is 0.272 e. The van der Waals surface area contributed by atoms with Crippen LogP contribution in [0.25, 0.3) is 10.9 Å². The Kier molecular flexibility index (Phi) is 6.05. The molecule has 4 aromatic rings. The SMILES string of the molecule is COc1nc(C2CCOCC2)ccc1Nc1nccc(Nc2cc3cccc(F)c3[nH]c2=O)n1. The van der Waals surface area contributed by atoms with Crippen LogP contribution < -0.4 is 20.9 Å². The molecule has 1 aromatic carbocycles. The van der Waals surface area contributed by atoms with Crippen LogP contribution in [-0.2, 0) is 4.74 Å². The molecule has 0 spiro atoms. The molecule has 1 saturated heterocycles. The molecule has 0 saturated carbocycles. The molecule has 10 heteroatoms. The summed E-state index contributed by atoms with van der Waals surface area (Å²) in [7, 11) is 1.56. The highest BCUT2D eigenvalue weighted by molar-refractivity contribution is 5.82. The third kappa shape index (κ3) is 4.53. The Balaban J connectivity index is 1.37. The highest BCUT2D eigenvalue weighted by atomic mass is 19.1. The van der Waals surface area contributed by atoms with E-state index in [1.165, 1.54) is 6.07 Å². The Bertz CT molecular complexity index is 1390. The van der Waals surface area contributed by atoms with Crippen LogP contribution in [0.15, 0.2) is 53.5 Å². The second-order valence-corrected chi connectivity index (χ2v) is 7.91. The predicted molar refractivity (Wildman–Crippen MR) is 127 cm³/mol. The molecule has 1 aliphatic rings. The van der Waals surface area contributed by atoms with E-state index in [2.05, 4.69) is 30.6 Å². The van der Waals surface area contributed by atoms with Crippen molar-refractivity contribution < 1.29 is 13.9 Å². The van der Waals surface area contributed by atoms with E-state index in [1.807, 2.05) is 12.1 Å². The largest absolute Gasteiger partial charge is 0.480 e. The van der Waals surface area contributed by atoms with Gasteiger partial charge in [-0.25, -0.2) is 14.4 Å². The highest BCUT2D eigenvalue weighted by Gasteiger charge is 2.19. The number of aromatic amines is 1. The summed E-state index contributed by atoms with van der Waals surface area (Å²) in [6.07, 6.45) is 3.42. The maximum absolute atomic E-state index is 13.9. The molecule has 4 heterocycles. The normalized spacial score (nSPS) is 14.2. The van der Waals surface area contributed by atoms with Crippen LogP contribution in [0.5, 0.6) is 5.88 Å². The van der Waals surface area contributed by atoms with Gasteiger partial charge in [-0.15, -0.1) is 0 Å². The predicted octanol–water partition coefficient (Wildman–Crippen LogP) is 4.24. The number of ether oxygens (including phenoxy) is 2. The van der Waals surface area contributed by atoms with E-state index in [0.717, 1.165) is 31.7 Å². The van der Waals surface area contributed by atoms with Gasteiger partial charge in [-0.3, -0.25) is 4.79 Å². The lowest BCUT2D eigenvalue weighted by atomic mass is 9.96. The van der Waals surface area contributed by atoms with Crippen LogP contribution in [-0.4, -0.2) is 40.3 Å². The van der Waals surface area contributed by atoms with E-state index in [9.17, 15) is 9.18 Å². The van der Waals surface area contributed by atoms with Gasteiger partial charge in [-0.2, -0.15) is 4.98 Å². The number of pyridine rings is 2. The number of H-pyrrole nitrogens is 1. The molecule has 3 N–H and O–H groups in total. The van der Waals surface area contributed by atoms with E-state index in [-0.39, 0.29) is 11.2 Å². The van der Waals surface area contributed by atoms with Crippen molar-refractivity contribution in [1.29, 1.82) is 0 Å². The van der Waals surface area contributed by atoms with Crippen LogP contribution >= 0.6 is 0 Å². The van der Waals surface area contributed by atoms with Gasteiger partial charge in [0, 0.05) is 36.4 Å². The van der Waals surface area contributed by atoms with Crippen LogP contribution in [0.4, 0.5) is 27.5 Å². The van der Waals surface area contributed by atoms with Gasteiger partial charge in [-0.1, -0.05) is 12.1 Å². The molecule has 9 nitrogen and oxygen atoms in total. The minimum absolute atomic E-state index is 0.159. The van der Waals surface area contributed by atoms with Crippen molar-refractivity contribution in [3.8, 4) is 5.88 Å². The summed E-state index contributed by atoms with van der Waals surface area (Å²) in [5.74, 6) is 0.990. The molecular formula is C24H23FN6O3. The number of benzene rings is 1. The summed E-state index contributed by atoms with van der Waals surface area (Å²) in [5.41, 5.74) is 1.53. The first-order chi connectivity index (χ1) is 16.6. The standard InChI is InChI=1S/C24H23FN6O3/c1-33-23-18(6-5-17(28-23)14-8-11-34-12-9-14)29-24-26-10-7-20(30-24)27-19-13-15-3-2-4-16(25)21(15)31-22(19)32/h2-7,10,13-14H,8-9,11-12H2,1H3,(H,31,32)(H2,26,27,29,30). The van der Waals surface area contributed by atoms with E-state index in [4.69, 9.17) is 9.47 Å². The molecule has 1 aliphatic heterocycles. The second kappa shape index (κ2) is 9.44. The van der Waals surface area contributed by atoms with Gasteiger partial charge in [0.1, 0.15) is 23.0 Å². The van der Waals surface area contributed by atoms with Crippen molar-refractivity contribution in [2.75, 3.05) is 31.0 Å². The van der Waals surface area contributed by atoms with Crippen LogP contribution in [0.3, 0.4) is 0 Å². The van der Waals surface area contributed by atoms with E-state index >= 15 is 0 Å². The third-order valence-electron chi connectivity index (χ3n) is 5.71. The Morgan fingerprint density at radius 2 is 1.94 bits per heavy atom. The zero-order valence-corrected chi connectivity index (χ0v) is 18.5. The first-order valence-electron chi connectivity index (χ1n) is 10.9. The maximum atomic E-state index is 13.9. The number of nitrogens with one attached hydrogen (secondary N) is 3. The molecule has 0 unspecified atom stereocenters. The number of hydrogen-bond acceptors (Lipinski definition) is 8. The number of anilines is 4. The Labute approximate surface area is 194 Å². The fourth-order valence-corrected chi connectivity index (χ4v) is 3.96. The summed E-state index contributed by atoms with van der Waals surface area (Å²) in [4.78, 5) is 28.3. The highest BCUT2D eigenvalue weighted by Crippen LogP contribution is 2.31. The summed E-state index contributed by atoms with van der Waals surface area (Å²) in [6, 6.07) is 11.7. The van der Waals surface area contributed by atoms with Gasteiger partial charge in [0.05, 0.1) is 12.6 Å². The van der Waals surface area contributed by atoms with Crippen molar-refractivity contribution in [2.24, 2.45) is 0 Å². The zero-order chi connectivity index (χ0) is 23.5. The van der Waals surface area contributed by atoms with Gasteiger partial charge < -0.3 is 25.1 Å². The first kappa shape index (κ1) is 21.8. The van der Waals surface area contributed by atoms with Crippen LogP contribution in [0.2, 0.25) is 0 Å². The first-order valence-corrected chi connectivity index (χ1v) is 10.9. The average molecular weight is 462 g/mol. The van der Waals surface area contributed by atoms with Gasteiger partial charge >= 0.3 is 0 Å². The molecule has 34 heavy (non-hydrogen) atoms. The lowest BCUT2D eigenvalue weighted by Gasteiger charge is -2.22. The number of methoxy groups -OCH3 is 1. The molecular weight excluding hydrogens is 439 g/mol. The third-order valence-corrected chi connectivity index (χ3v) is 5.71.